The molecule has 1 aromatic heterocycles. The summed E-state index contributed by atoms with van der Waals surface area (Å²) >= 11 is 0. The lowest BCUT2D eigenvalue weighted by molar-refractivity contribution is -0.192. The second-order valence-corrected chi connectivity index (χ2v) is 5.50. The third-order valence-corrected chi connectivity index (χ3v) is 3.61. The summed E-state index contributed by atoms with van der Waals surface area (Å²) in [5.41, 5.74) is 2.52. The van der Waals surface area contributed by atoms with Crippen LogP contribution in [0.4, 0.5) is 13.2 Å². The molecule has 0 unspecified atom stereocenters. The fraction of sp³-hybridized carbons (Fsp3) is 0.353. The van der Waals surface area contributed by atoms with Crippen LogP contribution in [0.5, 0.6) is 0 Å². The maximum absolute atomic E-state index is 10.6. The van der Waals surface area contributed by atoms with E-state index in [9.17, 15) is 13.2 Å². The van der Waals surface area contributed by atoms with E-state index >= 15 is 0 Å². The topological polar surface area (TPSA) is 63.5 Å². The van der Waals surface area contributed by atoms with Gasteiger partial charge in [-0.2, -0.15) is 13.2 Å². The van der Waals surface area contributed by atoms with Crippen LogP contribution in [0.15, 0.2) is 48.8 Å². The largest absolute Gasteiger partial charge is 0.490 e. The molecule has 2 N–H and O–H groups in total. The third kappa shape index (κ3) is 6.24. The van der Waals surface area contributed by atoms with Crippen molar-refractivity contribution in [2.45, 2.75) is 25.2 Å². The van der Waals surface area contributed by atoms with E-state index in [1.165, 1.54) is 11.3 Å². The van der Waals surface area contributed by atoms with E-state index in [2.05, 4.69) is 46.5 Å². The van der Waals surface area contributed by atoms with E-state index in [4.69, 9.17) is 14.6 Å². The molecule has 25 heavy (non-hydrogen) atoms. The number of aromatic nitrogens is 1. The van der Waals surface area contributed by atoms with Gasteiger partial charge < -0.3 is 19.7 Å². The predicted molar refractivity (Wildman–Crippen MR) is 85.5 cm³/mol. The Balaban J connectivity index is 0.000000277. The maximum atomic E-state index is 10.6. The molecule has 1 fully saturated rings. The molecule has 2 heterocycles. The first-order valence-corrected chi connectivity index (χ1v) is 7.70. The Labute approximate surface area is 143 Å². The molecule has 1 saturated heterocycles. The van der Waals surface area contributed by atoms with E-state index in [0.29, 0.717) is 6.04 Å². The quantitative estimate of drug-likeness (QED) is 0.884. The van der Waals surface area contributed by atoms with Crippen molar-refractivity contribution in [3.8, 4) is 5.69 Å². The molecule has 0 bridgehead atoms. The Morgan fingerprint density at radius 1 is 1.24 bits per heavy atom. The van der Waals surface area contributed by atoms with Gasteiger partial charge in [0.25, 0.3) is 0 Å². The summed E-state index contributed by atoms with van der Waals surface area (Å²) < 4.78 is 39.2. The number of nitrogens with one attached hydrogen (secondary N) is 1. The van der Waals surface area contributed by atoms with Crippen molar-refractivity contribution in [3.05, 3.63) is 54.4 Å². The summed E-state index contributed by atoms with van der Waals surface area (Å²) in [6, 6.07) is 13.3. The number of nitrogens with zero attached hydrogens (tertiary/aromatic N) is 1. The third-order valence-electron chi connectivity index (χ3n) is 3.61. The van der Waals surface area contributed by atoms with Gasteiger partial charge >= 0.3 is 12.1 Å². The van der Waals surface area contributed by atoms with Crippen LogP contribution < -0.4 is 5.32 Å². The summed E-state index contributed by atoms with van der Waals surface area (Å²) in [5.74, 6) is -2.76. The highest BCUT2D eigenvalue weighted by Crippen LogP contribution is 2.13. The van der Waals surface area contributed by atoms with Crippen LogP contribution >= 0.6 is 0 Å². The van der Waals surface area contributed by atoms with E-state index < -0.39 is 12.1 Å². The number of hydrogen-bond acceptors (Lipinski definition) is 3. The zero-order valence-electron chi connectivity index (χ0n) is 13.4. The van der Waals surface area contributed by atoms with Crippen molar-refractivity contribution in [3.63, 3.8) is 0 Å². The lowest BCUT2D eigenvalue weighted by Crippen LogP contribution is -2.28. The first-order chi connectivity index (χ1) is 11.9. The number of benzene rings is 1. The Morgan fingerprint density at radius 2 is 1.84 bits per heavy atom. The summed E-state index contributed by atoms with van der Waals surface area (Å²) in [4.78, 5) is 8.90. The van der Waals surface area contributed by atoms with Crippen molar-refractivity contribution in [2.24, 2.45) is 0 Å². The van der Waals surface area contributed by atoms with Gasteiger partial charge in [-0.05, 0) is 36.2 Å². The highest BCUT2D eigenvalue weighted by Gasteiger charge is 2.38. The van der Waals surface area contributed by atoms with Crippen LogP contribution in [0.3, 0.4) is 0 Å². The van der Waals surface area contributed by atoms with E-state index in [1.54, 1.807) is 0 Å². The molecular weight excluding hydrogens is 337 g/mol. The number of halogens is 3. The summed E-state index contributed by atoms with van der Waals surface area (Å²) in [7, 11) is 0. The van der Waals surface area contributed by atoms with Crippen LogP contribution in [0, 0.1) is 0 Å². The summed E-state index contributed by atoms with van der Waals surface area (Å²) in [6.07, 6.45) is 0.160. The van der Waals surface area contributed by atoms with Gasteiger partial charge in [0, 0.05) is 37.3 Å². The number of hydrogen-bond donors (Lipinski definition) is 2. The zero-order chi connectivity index (χ0) is 18.3. The average molecular weight is 356 g/mol. The SMILES string of the molecule is O=C(O)C(F)(F)F.c1ccn(-c2ccc(CN[C@@H]3CCOC3)cc2)c1. The summed E-state index contributed by atoms with van der Waals surface area (Å²) in [6.45, 7) is 2.66. The zero-order valence-corrected chi connectivity index (χ0v) is 13.4. The Kier molecular flexibility index (Phi) is 6.60. The van der Waals surface area contributed by atoms with E-state index in [-0.39, 0.29) is 0 Å². The molecule has 0 aliphatic carbocycles. The van der Waals surface area contributed by atoms with Gasteiger partial charge in [-0.1, -0.05) is 12.1 Å². The van der Waals surface area contributed by atoms with E-state index in [1.807, 2.05) is 12.1 Å². The van der Waals surface area contributed by atoms with Crippen molar-refractivity contribution in [1.82, 2.24) is 9.88 Å². The Bertz CT molecular complexity index is 649. The van der Waals surface area contributed by atoms with Gasteiger partial charge in [0.15, 0.2) is 0 Å². The molecule has 0 spiro atoms. The van der Waals surface area contributed by atoms with Crippen molar-refractivity contribution < 1.29 is 27.8 Å². The fourth-order valence-corrected chi connectivity index (χ4v) is 2.25. The van der Waals surface area contributed by atoms with Gasteiger partial charge in [-0.3, -0.25) is 0 Å². The smallest absolute Gasteiger partial charge is 0.475 e. The van der Waals surface area contributed by atoms with Gasteiger partial charge in [-0.15, -0.1) is 0 Å². The van der Waals surface area contributed by atoms with Crippen molar-refractivity contribution >= 4 is 5.97 Å². The number of carboxylic acids is 1. The molecule has 0 radical (unpaired) electrons. The fourth-order valence-electron chi connectivity index (χ4n) is 2.25. The van der Waals surface area contributed by atoms with Gasteiger partial charge in [-0.25, -0.2) is 4.79 Å². The molecule has 1 aliphatic heterocycles. The molecule has 1 aromatic carbocycles. The Hall–Kier alpha value is -2.32. The second-order valence-electron chi connectivity index (χ2n) is 5.50. The minimum absolute atomic E-state index is 0.522. The van der Waals surface area contributed by atoms with Crippen molar-refractivity contribution in [2.75, 3.05) is 13.2 Å². The van der Waals surface area contributed by atoms with Crippen LogP contribution in [0.1, 0.15) is 12.0 Å². The number of ether oxygens (including phenoxy) is 1. The maximum Gasteiger partial charge on any atom is 0.490 e. The molecule has 1 aliphatic rings. The van der Waals surface area contributed by atoms with Crippen LogP contribution in [-0.4, -0.2) is 41.1 Å². The highest BCUT2D eigenvalue weighted by molar-refractivity contribution is 5.73. The van der Waals surface area contributed by atoms with Crippen molar-refractivity contribution in [1.29, 1.82) is 0 Å². The molecule has 0 saturated carbocycles. The number of aliphatic carboxylic acids is 1. The standard InChI is InChI=1S/C15H18N2O.C2HF3O2/c1-2-9-17(8-1)15-5-3-13(4-6-15)11-16-14-7-10-18-12-14;3-2(4,5)1(6)7/h1-6,8-9,14,16H,7,10-12H2;(H,6,7)/t14-;/m1./s1. The van der Waals surface area contributed by atoms with Crippen LogP contribution in [0.25, 0.3) is 5.69 Å². The first-order valence-electron chi connectivity index (χ1n) is 7.70. The average Bonchev–Trinajstić information content (AvgIpc) is 3.27. The van der Waals surface area contributed by atoms with Gasteiger partial charge in [0.05, 0.1) is 6.61 Å². The predicted octanol–water partition coefficient (Wildman–Crippen LogP) is 2.99. The molecular formula is C17H19F3N2O3. The highest BCUT2D eigenvalue weighted by atomic mass is 19.4. The Morgan fingerprint density at radius 3 is 2.32 bits per heavy atom. The molecule has 3 rings (SSSR count). The molecule has 0 amide bonds. The normalized spacial score (nSPS) is 17.0. The molecule has 8 heteroatoms. The second kappa shape index (κ2) is 8.68. The molecule has 2 aromatic rings. The minimum Gasteiger partial charge on any atom is -0.475 e. The van der Waals surface area contributed by atoms with Crippen LogP contribution in [-0.2, 0) is 16.1 Å². The number of carbonyl (C=O) groups is 1. The van der Waals surface area contributed by atoms with Gasteiger partial charge in [0.1, 0.15) is 0 Å². The number of alkyl halides is 3. The number of rotatable bonds is 4. The molecule has 136 valence electrons. The van der Waals surface area contributed by atoms with E-state index in [0.717, 1.165) is 26.2 Å². The summed E-state index contributed by atoms with van der Waals surface area (Å²) in [5, 5.41) is 10.6. The monoisotopic (exact) mass is 356 g/mol. The molecule has 1 atom stereocenters. The van der Waals surface area contributed by atoms with Gasteiger partial charge in [0.2, 0.25) is 0 Å². The van der Waals surface area contributed by atoms with Crippen LogP contribution in [0.2, 0.25) is 0 Å². The minimum atomic E-state index is -5.08. The lowest BCUT2D eigenvalue weighted by atomic mass is 10.2. The lowest BCUT2D eigenvalue weighted by Gasteiger charge is -2.11. The molecule has 5 nitrogen and oxygen atoms in total. The first kappa shape index (κ1) is 19.0. The number of carboxylic acid groups (broad SMARTS) is 1.